The summed E-state index contributed by atoms with van der Waals surface area (Å²) in [7, 11) is 0.207. The number of thiazole rings is 1. The molecule has 60 heavy (non-hydrogen) atoms. The van der Waals surface area contributed by atoms with Crippen LogP contribution in [0, 0.1) is 11.6 Å². The van der Waals surface area contributed by atoms with Crippen LogP contribution in [0.3, 0.4) is 0 Å². The van der Waals surface area contributed by atoms with Crippen molar-refractivity contribution in [3.8, 4) is 16.3 Å². The SMILES string of the molecule is COc1ccc(CN(Cc2nc3c(F)c(F)ccc3n2COCC[Si](C)(C)C)c2nc(N3CCN(C(=O)OCc4ccccc4)CC3)nc3c(-c4nccs4)cnn23)cc1. The number of aromatic nitrogens is 7. The van der Waals surface area contributed by atoms with Crippen LogP contribution in [0.1, 0.15) is 17.0 Å². The van der Waals surface area contributed by atoms with E-state index in [9.17, 15) is 9.18 Å². The molecule has 5 heterocycles. The van der Waals surface area contributed by atoms with Crippen LogP contribution in [0.2, 0.25) is 25.7 Å². The van der Waals surface area contributed by atoms with Crippen molar-refractivity contribution in [1.82, 2.24) is 39.0 Å². The summed E-state index contributed by atoms with van der Waals surface area (Å²) in [4.78, 5) is 38.3. The summed E-state index contributed by atoms with van der Waals surface area (Å²) in [5.74, 6) is 0.0133. The Kier molecular flexibility index (Phi) is 12.0. The highest BCUT2D eigenvalue weighted by molar-refractivity contribution is 7.13. The number of anilines is 2. The van der Waals surface area contributed by atoms with Crippen LogP contribution in [0.25, 0.3) is 27.3 Å². The summed E-state index contributed by atoms with van der Waals surface area (Å²) in [6.07, 6.45) is 3.07. The molecule has 0 bridgehead atoms. The lowest BCUT2D eigenvalue weighted by Gasteiger charge is -2.34. The van der Waals surface area contributed by atoms with Crippen molar-refractivity contribution >= 4 is 54.1 Å². The number of hydrogen-bond donors (Lipinski definition) is 0. The van der Waals surface area contributed by atoms with Crippen LogP contribution < -0.4 is 14.5 Å². The van der Waals surface area contributed by atoms with E-state index in [1.165, 1.54) is 17.4 Å². The van der Waals surface area contributed by atoms with E-state index in [4.69, 9.17) is 34.3 Å². The second-order valence-electron chi connectivity index (χ2n) is 15.7. The van der Waals surface area contributed by atoms with E-state index in [2.05, 4.69) is 24.6 Å². The predicted octanol–water partition coefficient (Wildman–Crippen LogP) is 7.86. The van der Waals surface area contributed by atoms with Crippen LogP contribution in [-0.4, -0.2) is 93.1 Å². The fourth-order valence-corrected chi connectivity index (χ4v) is 8.31. The number of halogens is 2. The highest BCUT2D eigenvalue weighted by atomic mass is 32.1. The molecule has 7 aromatic rings. The lowest BCUT2D eigenvalue weighted by molar-refractivity contribution is 0.0878. The van der Waals surface area contributed by atoms with Gasteiger partial charge in [0, 0.05) is 59.0 Å². The van der Waals surface area contributed by atoms with Crippen LogP contribution in [0.5, 0.6) is 5.75 Å². The molecule has 0 spiro atoms. The second kappa shape index (κ2) is 17.7. The van der Waals surface area contributed by atoms with Gasteiger partial charge in [-0.2, -0.15) is 19.6 Å². The molecular formula is C42H46F2N10O4SSi. The summed E-state index contributed by atoms with van der Waals surface area (Å²) >= 11 is 1.47. The molecule has 0 N–H and O–H groups in total. The zero-order valence-electron chi connectivity index (χ0n) is 33.9. The largest absolute Gasteiger partial charge is 0.497 e. The van der Waals surface area contributed by atoms with Gasteiger partial charge < -0.3 is 33.5 Å². The fourth-order valence-electron chi connectivity index (χ4n) is 6.91. The highest BCUT2D eigenvalue weighted by Crippen LogP contribution is 2.31. The van der Waals surface area contributed by atoms with Crippen molar-refractivity contribution in [1.29, 1.82) is 0 Å². The van der Waals surface area contributed by atoms with Gasteiger partial charge in [-0.15, -0.1) is 11.3 Å². The van der Waals surface area contributed by atoms with E-state index in [1.807, 2.05) is 69.8 Å². The molecule has 14 nitrogen and oxygen atoms in total. The van der Waals surface area contributed by atoms with Gasteiger partial charge in [-0.3, -0.25) is 0 Å². The molecular weight excluding hydrogens is 807 g/mol. The number of amides is 1. The third kappa shape index (κ3) is 9.09. The first kappa shape index (κ1) is 40.8. The number of nitrogens with zero attached hydrogens (tertiary/aromatic N) is 10. The van der Waals surface area contributed by atoms with E-state index < -0.39 is 19.7 Å². The zero-order chi connectivity index (χ0) is 41.8. The monoisotopic (exact) mass is 852 g/mol. The Balaban J connectivity index is 1.17. The number of ether oxygens (including phenoxy) is 3. The van der Waals surface area contributed by atoms with Crippen LogP contribution in [0.15, 0.2) is 84.5 Å². The van der Waals surface area contributed by atoms with E-state index in [-0.39, 0.29) is 31.5 Å². The van der Waals surface area contributed by atoms with E-state index >= 15 is 4.39 Å². The molecule has 8 rings (SSSR count). The van der Waals surface area contributed by atoms with Crippen LogP contribution >= 0.6 is 11.3 Å². The Labute approximate surface area is 351 Å². The minimum atomic E-state index is -1.41. The Hall–Kier alpha value is -5.98. The molecule has 1 saturated heterocycles. The number of piperazine rings is 1. The molecule has 312 valence electrons. The molecule has 0 saturated carbocycles. The molecule has 1 fully saturated rings. The third-order valence-electron chi connectivity index (χ3n) is 10.3. The number of hydrogen-bond acceptors (Lipinski definition) is 12. The Bertz CT molecular complexity index is 2560. The topological polar surface area (TPSA) is 128 Å². The number of benzene rings is 3. The highest BCUT2D eigenvalue weighted by Gasteiger charge is 2.29. The maximum absolute atomic E-state index is 15.4. The summed E-state index contributed by atoms with van der Waals surface area (Å²) < 4.78 is 50.8. The first-order valence-corrected chi connectivity index (χ1v) is 24.3. The number of carbonyl (C=O) groups excluding carboxylic acids is 1. The van der Waals surface area contributed by atoms with Gasteiger partial charge in [-0.1, -0.05) is 62.1 Å². The van der Waals surface area contributed by atoms with Gasteiger partial charge in [0.1, 0.15) is 35.4 Å². The molecule has 4 aromatic heterocycles. The molecule has 0 unspecified atom stereocenters. The summed E-state index contributed by atoms with van der Waals surface area (Å²) in [6, 6.07) is 20.8. The molecule has 1 aliphatic rings. The first-order chi connectivity index (χ1) is 29.0. The average Bonchev–Trinajstić information content (AvgIpc) is 4.02. The maximum atomic E-state index is 15.4. The van der Waals surface area contributed by atoms with E-state index in [0.717, 1.165) is 33.8 Å². The lowest BCUT2D eigenvalue weighted by Crippen LogP contribution is -2.49. The number of methoxy groups -OCH3 is 1. The van der Waals surface area contributed by atoms with Gasteiger partial charge in [0.25, 0.3) is 0 Å². The van der Waals surface area contributed by atoms with E-state index in [1.54, 1.807) is 33.5 Å². The molecule has 0 radical (unpaired) electrons. The summed E-state index contributed by atoms with van der Waals surface area (Å²) in [6.45, 7) is 9.75. The Morgan fingerprint density at radius 3 is 2.42 bits per heavy atom. The Morgan fingerprint density at radius 2 is 1.70 bits per heavy atom. The van der Waals surface area contributed by atoms with Crippen molar-refractivity contribution in [3.63, 3.8) is 0 Å². The van der Waals surface area contributed by atoms with Gasteiger partial charge in [-0.05, 0) is 41.4 Å². The van der Waals surface area contributed by atoms with E-state index in [0.29, 0.717) is 74.0 Å². The van der Waals surface area contributed by atoms with Crippen molar-refractivity contribution in [3.05, 3.63) is 113 Å². The van der Waals surface area contributed by atoms with Gasteiger partial charge in [0.15, 0.2) is 17.3 Å². The fraction of sp³-hybridized carbons (Fsp3) is 0.333. The number of imidazole rings is 1. The van der Waals surface area contributed by atoms with Crippen LogP contribution in [-0.2, 0) is 35.9 Å². The first-order valence-electron chi connectivity index (χ1n) is 19.7. The molecule has 3 aromatic carbocycles. The smallest absolute Gasteiger partial charge is 0.410 e. The molecule has 0 aliphatic carbocycles. The summed E-state index contributed by atoms with van der Waals surface area (Å²) in [5.41, 5.74) is 3.43. The molecule has 18 heteroatoms. The summed E-state index contributed by atoms with van der Waals surface area (Å²) in [5, 5.41) is 7.43. The quantitative estimate of drug-likeness (QED) is 0.0739. The standard InChI is InChI=1S/C42H46F2N10O4SSi/c1-56-31-12-10-29(11-13-31)25-52(26-35-47-37-34(15-14-33(43)36(37)44)53(35)28-57-21-23-60(2,3)4)41-49-40(48-38-32(24-46-54(38)41)39-45-16-22-59-39)50-17-19-51(20-18-50)42(55)58-27-30-8-6-5-7-9-30/h5-16,22,24H,17-21,23,25-28H2,1-4H3. The number of fused-ring (bicyclic) bond motifs is 2. The van der Waals surface area contributed by atoms with Gasteiger partial charge in [-0.25, -0.2) is 23.5 Å². The molecule has 1 aliphatic heterocycles. The van der Waals surface area contributed by atoms with Crippen LogP contribution in [0.4, 0.5) is 25.5 Å². The molecule has 0 atom stereocenters. The van der Waals surface area contributed by atoms with Crippen molar-refractivity contribution in [2.75, 3.05) is 49.7 Å². The van der Waals surface area contributed by atoms with Gasteiger partial charge in [0.05, 0.1) is 30.9 Å². The number of rotatable bonds is 15. The van der Waals surface area contributed by atoms with Gasteiger partial charge in [0.2, 0.25) is 11.9 Å². The zero-order valence-corrected chi connectivity index (χ0v) is 35.7. The minimum absolute atomic E-state index is 0.0815. The maximum Gasteiger partial charge on any atom is 0.410 e. The lowest BCUT2D eigenvalue weighted by atomic mass is 10.2. The van der Waals surface area contributed by atoms with Crippen molar-refractivity contribution < 1.29 is 27.8 Å². The minimum Gasteiger partial charge on any atom is -0.497 e. The molecule has 1 amide bonds. The normalized spacial score (nSPS) is 13.4. The third-order valence-corrected chi connectivity index (χ3v) is 12.8. The Morgan fingerprint density at radius 1 is 0.917 bits per heavy atom. The van der Waals surface area contributed by atoms with Gasteiger partial charge >= 0.3 is 6.09 Å². The second-order valence-corrected chi connectivity index (χ2v) is 22.2. The predicted molar refractivity (Wildman–Crippen MR) is 229 cm³/mol. The number of carbonyl (C=O) groups is 1. The average molecular weight is 853 g/mol. The van der Waals surface area contributed by atoms with Crippen molar-refractivity contribution in [2.45, 2.75) is 52.1 Å². The van der Waals surface area contributed by atoms with Crippen molar-refractivity contribution in [2.24, 2.45) is 0 Å².